The van der Waals surface area contributed by atoms with Crippen molar-refractivity contribution in [2.24, 2.45) is 5.92 Å². The quantitative estimate of drug-likeness (QED) is 0.0372. The van der Waals surface area contributed by atoms with Crippen LogP contribution in [0.2, 0.25) is 0 Å². The molecule has 0 fully saturated rings. The normalized spacial score (nSPS) is 13.0. The summed E-state index contributed by atoms with van der Waals surface area (Å²) >= 11 is 0. The van der Waals surface area contributed by atoms with E-state index in [0.29, 0.717) is 6.42 Å². The topological polar surface area (TPSA) is 119 Å². The number of phosphoric acid groups is 1. The van der Waals surface area contributed by atoms with Crippen molar-refractivity contribution in [1.29, 1.82) is 0 Å². The molecule has 286 valence electrons. The van der Waals surface area contributed by atoms with Gasteiger partial charge in [-0.3, -0.25) is 14.1 Å². The molecule has 2 atom stereocenters. The molecule has 0 aliphatic carbocycles. The first-order valence-electron chi connectivity index (χ1n) is 20.2. The lowest BCUT2D eigenvalue weighted by molar-refractivity contribution is -0.161. The van der Waals surface area contributed by atoms with E-state index in [4.69, 9.17) is 19.3 Å². The molecule has 0 aromatic heterocycles. The van der Waals surface area contributed by atoms with Gasteiger partial charge in [-0.05, 0) is 18.8 Å². The molecule has 0 bridgehead atoms. The summed E-state index contributed by atoms with van der Waals surface area (Å²) in [5.74, 6) is 0.0131. The number of rotatable bonds is 37. The number of hydrogen-bond donors (Lipinski definition) is 2. The van der Waals surface area contributed by atoms with Gasteiger partial charge in [-0.25, -0.2) is 4.57 Å². The monoisotopic (exact) mass is 705 g/mol. The molecular weight excluding hydrogens is 627 g/mol. The fourth-order valence-electron chi connectivity index (χ4n) is 6.00. The van der Waals surface area contributed by atoms with Gasteiger partial charge < -0.3 is 19.3 Å². The Bertz CT molecular complexity index is 771. The molecule has 0 rings (SSSR count). The van der Waals surface area contributed by atoms with Crippen molar-refractivity contribution in [3.8, 4) is 0 Å². The van der Waals surface area contributed by atoms with E-state index in [1.165, 1.54) is 135 Å². The summed E-state index contributed by atoms with van der Waals surface area (Å²) < 4.78 is 26.3. The van der Waals surface area contributed by atoms with Crippen molar-refractivity contribution in [2.75, 3.05) is 13.2 Å². The Morgan fingerprint density at radius 1 is 0.542 bits per heavy atom. The van der Waals surface area contributed by atoms with Gasteiger partial charge in [-0.2, -0.15) is 0 Å². The molecule has 0 aromatic rings. The van der Waals surface area contributed by atoms with Crippen molar-refractivity contribution in [3.63, 3.8) is 0 Å². The van der Waals surface area contributed by atoms with Crippen molar-refractivity contribution in [1.82, 2.24) is 0 Å². The third-order valence-corrected chi connectivity index (χ3v) is 9.90. The largest absolute Gasteiger partial charge is 0.469 e. The zero-order valence-electron chi connectivity index (χ0n) is 31.6. The first-order valence-corrected chi connectivity index (χ1v) is 21.8. The van der Waals surface area contributed by atoms with E-state index in [0.717, 1.165) is 44.4 Å². The lowest BCUT2D eigenvalue weighted by Gasteiger charge is -2.18. The zero-order chi connectivity index (χ0) is 35.6. The van der Waals surface area contributed by atoms with Gasteiger partial charge in [0, 0.05) is 12.8 Å². The van der Waals surface area contributed by atoms with E-state index in [2.05, 4.69) is 25.3 Å². The van der Waals surface area contributed by atoms with Gasteiger partial charge in [0.05, 0.1) is 6.61 Å². The molecule has 0 aliphatic rings. The van der Waals surface area contributed by atoms with Crippen LogP contribution in [0, 0.1) is 5.92 Å². The summed E-state index contributed by atoms with van der Waals surface area (Å²) in [7, 11) is -4.74. The van der Waals surface area contributed by atoms with Gasteiger partial charge in [0.25, 0.3) is 0 Å². The molecule has 8 nitrogen and oxygen atoms in total. The van der Waals surface area contributed by atoms with Crippen LogP contribution in [-0.2, 0) is 28.2 Å². The third kappa shape index (κ3) is 36.3. The number of hydrogen-bond acceptors (Lipinski definition) is 6. The van der Waals surface area contributed by atoms with Crippen molar-refractivity contribution in [3.05, 3.63) is 0 Å². The second-order valence-corrected chi connectivity index (χ2v) is 15.5. The average molecular weight is 705 g/mol. The lowest BCUT2D eigenvalue weighted by Crippen LogP contribution is -2.29. The molecule has 0 aliphatic heterocycles. The highest BCUT2D eigenvalue weighted by atomic mass is 31.2. The summed E-state index contributed by atoms with van der Waals surface area (Å²) in [6.07, 6.45) is 33.9. The second-order valence-electron chi connectivity index (χ2n) is 14.2. The van der Waals surface area contributed by atoms with Crippen molar-refractivity contribution in [2.45, 2.75) is 219 Å². The standard InChI is InChI=1S/C39H77O8P/c1-4-6-7-8-9-10-11-17-21-24-27-30-33-39(41)47-37(35-46-48(42,43)44)34-45-38(40)32-29-26-23-20-18-15-13-12-14-16-19-22-25-28-31-36(3)5-2/h36-37H,4-35H2,1-3H3,(H2,42,43,44)/t36?,37-/m1/s1. The van der Waals surface area contributed by atoms with Gasteiger partial charge in [0.1, 0.15) is 6.61 Å². The first kappa shape index (κ1) is 47.0. The molecule has 0 heterocycles. The molecule has 0 aromatic carbocycles. The number of phosphoric ester groups is 1. The smallest absolute Gasteiger partial charge is 0.462 e. The molecule has 0 saturated carbocycles. The van der Waals surface area contributed by atoms with Gasteiger partial charge in [0.15, 0.2) is 6.10 Å². The number of carbonyl (C=O) groups excluding carboxylic acids is 2. The van der Waals surface area contributed by atoms with Crippen LogP contribution in [0.4, 0.5) is 0 Å². The maximum atomic E-state index is 12.3. The van der Waals surface area contributed by atoms with Crippen LogP contribution < -0.4 is 0 Å². The number of unbranched alkanes of at least 4 members (excludes halogenated alkanes) is 24. The molecule has 9 heteroatoms. The van der Waals surface area contributed by atoms with Crippen LogP contribution in [-0.4, -0.2) is 41.0 Å². The number of carbonyl (C=O) groups is 2. The maximum Gasteiger partial charge on any atom is 0.469 e. The predicted octanol–water partition coefficient (Wildman–Crippen LogP) is 11.9. The average Bonchev–Trinajstić information content (AvgIpc) is 3.05. The molecule has 2 N–H and O–H groups in total. The Balaban J connectivity index is 3.87. The van der Waals surface area contributed by atoms with Gasteiger partial charge in [-0.1, -0.05) is 188 Å². The Hall–Kier alpha value is -0.950. The van der Waals surface area contributed by atoms with Gasteiger partial charge in [0.2, 0.25) is 0 Å². The van der Waals surface area contributed by atoms with Gasteiger partial charge in [-0.15, -0.1) is 0 Å². The molecule has 48 heavy (non-hydrogen) atoms. The van der Waals surface area contributed by atoms with Crippen LogP contribution in [0.15, 0.2) is 0 Å². The van der Waals surface area contributed by atoms with E-state index < -0.39 is 32.5 Å². The highest BCUT2D eigenvalue weighted by Crippen LogP contribution is 2.36. The fourth-order valence-corrected chi connectivity index (χ4v) is 6.36. The highest BCUT2D eigenvalue weighted by molar-refractivity contribution is 7.46. The number of esters is 2. The van der Waals surface area contributed by atoms with E-state index >= 15 is 0 Å². The Kier molecular flexibility index (Phi) is 33.8. The molecular formula is C39H77O8P. The Labute approximate surface area is 295 Å². The minimum absolute atomic E-state index is 0.219. The van der Waals surface area contributed by atoms with E-state index in [-0.39, 0.29) is 19.4 Å². The SMILES string of the molecule is CCCCCCCCCCCCCCC(=O)O[C@H](COC(=O)CCCCCCCCCCCCCCCCC(C)CC)COP(=O)(O)O. The Morgan fingerprint density at radius 3 is 1.31 bits per heavy atom. The molecule has 1 unspecified atom stereocenters. The summed E-state index contributed by atoms with van der Waals surface area (Å²) in [4.78, 5) is 42.7. The van der Waals surface area contributed by atoms with Crippen LogP contribution in [0.25, 0.3) is 0 Å². The number of ether oxygens (including phenoxy) is 2. The fraction of sp³-hybridized carbons (Fsp3) is 0.949. The molecule has 0 spiro atoms. The van der Waals surface area contributed by atoms with Crippen LogP contribution >= 0.6 is 7.82 Å². The second kappa shape index (κ2) is 34.5. The van der Waals surface area contributed by atoms with Crippen LogP contribution in [0.3, 0.4) is 0 Å². The van der Waals surface area contributed by atoms with Crippen LogP contribution in [0.1, 0.15) is 213 Å². The Morgan fingerprint density at radius 2 is 0.917 bits per heavy atom. The summed E-state index contributed by atoms with van der Waals surface area (Å²) in [5, 5.41) is 0. The summed E-state index contributed by atoms with van der Waals surface area (Å²) in [6.45, 7) is 6.07. The predicted molar refractivity (Wildman–Crippen MR) is 198 cm³/mol. The molecule has 0 amide bonds. The van der Waals surface area contributed by atoms with Crippen molar-refractivity contribution < 1.29 is 37.9 Å². The highest BCUT2D eigenvalue weighted by Gasteiger charge is 2.22. The van der Waals surface area contributed by atoms with Gasteiger partial charge >= 0.3 is 19.8 Å². The summed E-state index contributed by atoms with van der Waals surface area (Å²) in [6, 6.07) is 0. The maximum absolute atomic E-state index is 12.3. The van der Waals surface area contributed by atoms with E-state index in [1.54, 1.807) is 0 Å². The molecule has 0 saturated heterocycles. The van der Waals surface area contributed by atoms with Crippen LogP contribution in [0.5, 0.6) is 0 Å². The van der Waals surface area contributed by atoms with Crippen molar-refractivity contribution >= 4 is 19.8 Å². The zero-order valence-corrected chi connectivity index (χ0v) is 32.5. The third-order valence-electron chi connectivity index (χ3n) is 9.42. The minimum atomic E-state index is -4.74. The lowest BCUT2D eigenvalue weighted by atomic mass is 9.99. The van der Waals surface area contributed by atoms with E-state index in [1.807, 2.05) is 0 Å². The summed E-state index contributed by atoms with van der Waals surface area (Å²) in [5.41, 5.74) is 0. The first-order chi connectivity index (χ1) is 23.2. The minimum Gasteiger partial charge on any atom is -0.462 e. The van der Waals surface area contributed by atoms with E-state index in [9.17, 15) is 14.2 Å². The molecule has 0 radical (unpaired) electrons.